The summed E-state index contributed by atoms with van der Waals surface area (Å²) in [6.45, 7) is 1.94. The lowest BCUT2D eigenvalue weighted by Gasteiger charge is -2.04. The topological polar surface area (TPSA) is 132 Å². The Hall–Kier alpha value is -3.30. The summed E-state index contributed by atoms with van der Waals surface area (Å²) in [6, 6.07) is 5.27. The number of nitrogens with zero attached hydrogens (tertiary/aromatic N) is 4. The van der Waals surface area contributed by atoms with Gasteiger partial charge in [-0.25, -0.2) is 14.5 Å². The van der Waals surface area contributed by atoms with Crippen LogP contribution in [-0.4, -0.2) is 38.2 Å². The third-order valence-electron chi connectivity index (χ3n) is 2.75. The van der Waals surface area contributed by atoms with Gasteiger partial charge < -0.3 is 5.32 Å². The van der Waals surface area contributed by atoms with E-state index < -0.39 is 16.9 Å². The van der Waals surface area contributed by atoms with Crippen molar-refractivity contribution < 1.29 is 14.5 Å². The van der Waals surface area contributed by atoms with Gasteiger partial charge in [0.1, 0.15) is 12.9 Å². The van der Waals surface area contributed by atoms with E-state index in [-0.39, 0.29) is 18.1 Å². The fourth-order valence-electron chi connectivity index (χ4n) is 1.78. The summed E-state index contributed by atoms with van der Waals surface area (Å²) in [6.07, 6.45) is 1.31. The van der Waals surface area contributed by atoms with E-state index in [0.29, 0.717) is 12.1 Å². The largest absolute Gasteiger partial charge is 0.338 e. The Morgan fingerprint density at radius 2 is 2.17 bits per heavy atom. The first-order valence-electron chi connectivity index (χ1n) is 6.71. The molecule has 120 valence electrons. The Kier molecular flexibility index (Phi) is 4.97. The molecule has 2 N–H and O–H groups in total. The van der Waals surface area contributed by atoms with Crippen LogP contribution in [0.1, 0.15) is 6.92 Å². The number of urea groups is 1. The normalized spacial score (nSPS) is 10.1. The van der Waals surface area contributed by atoms with Gasteiger partial charge in [0.05, 0.1) is 4.92 Å². The van der Waals surface area contributed by atoms with Crippen molar-refractivity contribution in [3.8, 4) is 11.4 Å². The summed E-state index contributed by atoms with van der Waals surface area (Å²) in [5, 5.41) is 19.4. The molecule has 0 fully saturated rings. The van der Waals surface area contributed by atoms with Gasteiger partial charge in [0.2, 0.25) is 5.91 Å². The minimum Gasteiger partial charge on any atom is -0.338 e. The monoisotopic (exact) mass is 318 g/mol. The summed E-state index contributed by atoms with van der Waals surface area (Å²) in [4.78, 5) is 37.1. The van der Waals surface area contributed by atoms with Crippen LogP contribution < -0.4 is 10.6 Å². The van der Waals surface area contributed by atoms with Gasteiger partial charge in [0.25, 0.3) is 5.69 Å². The quantitative estimate of drug-likeness (QED) is 0.616. The van der Waals surface area contributed by atoms with Crippen LogP contribution in [0.25, 0.3) is 11.4 Å². The van der Waals surface area contributed by atoms with E-state index in [1.165, 1.54) is 29.2 Å². The molecule has 0 unspecified atom stereocenters. The molecule has 10 nitrogen and oxygen atoms in total. The Labute approximate surface area is 130 Å². The van der Waals surface area contributed by atoms with Crippen LogP contribution in [0, 0.1) is 10.1 Å². The van der Waals surface area contributed by atoms with Crippen molar-refractivity contribution in [3.63, 3.8) is 0 Å². The zero-order valence-corrected chi connectivity index (χ0v) is 12.2. The van der Waals surface area contributed by atoms with Crippen molar-refractivity contribution in [3.05, 3.63) is 40.7 Å². The van der Waals surface area contributed by atoms with Crippen LogP contribution in [0.4, 0.5) is 10.5 Å². The first-order chi connectivity index (χ1) is 11.0. The van der Waals surface area contributed by atoms with Crippen molar-refractivity contribution in [1.82, 2.24) is 25.4 Å². The molecule has 0 saturated carbocycles. The second-order valence-corrected chi connectivity index (χ2v) is 4.48. The number of rotatable bonds is 5. The molecule has 23 heavy (non-hydrogen) atoms. The predicted octanol–water partition coefficient (Wildman–Crippen LogP) is 0.699. The molecule has 0 aliphatic heterocycles. The van der Waals surface area contributed by atoms with Crippen molar-refractivity contribution in [2.24, 2.45) is 0 Å². The number of imide groups is 1. The van der Waals surface area contributed by atoms with Gasteiger partial charge in [-0.15, -0.1) is 0 Å². The van der Waals surface area contributed by atoms with E-state index in [4.69, 9.17) is 0 Å². The van der Waals surface area contributed by atoms with E-state index in [1.807, 2.05) is 0 Å². The zero-order chi connectivity index (χ0) is 16.8. The predicted molar refractivity (Wildman–Crippen MR) is 79.3 cm³/mol. The number of non-ortho nitro benzene ring substituents is 1. The highest BCUT2D eigenvalue weighted by Crippen LogP contribution is 2.20. The summed E-state index contributed by atoms with van der Waals surface area (Å²) >= 11 is 0. The number of hydrogen-bond acceptors (Lipinski definition) is 6. The number of carbonyl (C=O) groups is 2. The first-order valence-corrected chi connectivity index (χ1v) is 6.71. The molecule has 1 aromatic heterocycles. The highest BCUT2D eigenvalue weighted by atomic mass is 16.6. The van der Waals surface area contributed by atoms with Gasteiger partial charge in [-0.05, 0) is 6.92 Å². The minimum atomic E-state index is -0.587. The fourth-order valence-corrected chi connectivity index (χ4v) is 1.78. The number of aromatic nitrogens is 3. The second-order valence-electron chi connectivity index (χ2n) is 4.48. The van der Waals surface area contributed by atoms with E-state index >= 15 is 0 Å². The summed E-state index contributed by atoms with van der Waals surface area (Å²) < 4.78 is 1.24. The summed E-state index contributed by atoms with van der Waals surface area (Å²) in [5.74, 6) is -0.300. The van der Waals surface area contributed by atoms with E-state index in [1.54, 1.807) is 13.0 Å². The Morgan fingerprint density at radius 3 is 2.87 bits per heavy atom. The van der Waals surface area contributed by atoms with Crippen molar-refractivity contribution >= 4 is 17.6 Å². The van der Waals surface area contributed by atoms with Crippen LogP contribution in [-0.2, 0) is 11.3 Å². The number of amides is 3. The van der Waals surface area contributed by atoms with Crippen molar-refractivity contribution in [2.45, 2.75) is 13.5 Å². The standard InChI is InChI=1S/C13H14N6O4/c1-2-14-13(21)16-11(20)7-18-8-15-12(17-18)9-4-3-5-10(6-9)19(22)23/h3-6,8H,2,7H2,1H3,(H2,14,16,20,21). The fraction of sp³-hybridized carbons (Fsp3) is 0.231. The maximum atomic E-state index is 11.6. The lowest BCUT2D eigenvalue weighted by atomic mass is 10.2. The van der Waals surface area contributed by atoms with Gasteiger partial charge in [0, 0.05) is 24.2 Å². The number of hydrogen-bond donors (Lipinski definition) is 2. The molecular weight excluding hydrogens is 304 g/mol. The van der Waals surface area contributed by atoms with Gasteiger partial charge in [-0.3, -0.25) is 20.2 Å². The summed E-state index contributed by atoms with van der Waals surface area (Å²) in [7, 11) is 0. The maximum absolute atomic E-state index is 11.6. The molecule has 0 atom stereocenters. The number of nitrogens with one attached hydrogen (secondary N) is 2. The van der Waals surface area contributed by atoms with E-state index in [9.17, 15) is 19.7 Å². The smallest absolute Gasteiger partial charge is 0.321 e. The average Bonchev–Trinajstić information content (AvgIpc) is 2.95. The lowest BCUT2D eigenvalue weighted by Crippen LogP contribution is -2.40. The maximum Gasteiger partial charge on any atom is 0.321 e. The molecule has 0 spiro atoms. The van der Waals surface area contributed by atoms with E-state index in [0.717, 1.165) is 0 Å². The summed E-state index contributed by atoms with van der Waals surface area (Å²) in [5.41, 5.74) is 0.384. The molecule has 0 saturated heterocycles. The van der Waals surface area contributed by atoms with Crippen molar-refractivity contribution in [1.29, 1.82) is 0 Å². The molecular formula is C13H14N6O4. The molecule has 0 radical (unpaired) electrons. The minimum absolute atomic E-state index is 0.0761. The SMILES string of the molecule is CCNC(=O)NC(=O)Cn1cnc(-c2cccc([N+](=O)[O-])c2)n1. The number of benzene rings is 1. The van der Waals surface area contributed by atoms with Gasteiger partial charge in [-0.2, -0.15) is 5.10 Å². The molecule has 2 aromatic rings. The Morgan fingerprint density at radius 1 is 1.39 bits per heavy atom. The van der Waals surface area contributed by atoms with Gasteiger partial charge >= 0.3 is 6.03 Å². The van der Waals surface area contributed by atoms with Crippen LogP contribution in [0.2, 0.25) is 0 Å². The first kappa shape index (κ1) is 16.1. The van der Waals surface area contributed by atoms with Crippen LogP contribution in [0.3, 0.4) is 0 Å². The molecule has 0 aliphatic rings. The van der Waals surface area contributed by atoms with Gasteiger partial charge in [-0.1, -0.05) is 12.1 Å². The number of carbonyl (C=O) groups excluding carboxylic acids is 2. The molecule has 1 heterocycles. The highest BCUT2D eigenvalue weighted by Gasteiger charge is 2.12. The van der Waals surface area contributed by atoms with Crippen LogP contribution in [0.15, 0.2) is 30.6 Å². The zero-order valence-electron chi connectivity index (χ0n) is 12.2. The Bertz CT molecular complexity index is 742. The van der Waals surface area contributed by atoms with Gasteiger partial charge in [0.15, 0.2) is 5.82 Å². The third-order valence-corrected chi connectivity index (χ3v) is 2.75. The molecule has 0 bridgehead atoms. The molecule has 3 amide bonds. The molecule has 1 aromatic carbocycles. The third kappa shape index (κ3) is 4.33. The highest BCUT2D eigenvalue weighted by molar-refractivity contribution is 5.94. The van der Waals surface area contributed by atoms with E-state index in [2.05, 4.69) is 20.7 Å². The number of nitro benzene ring substituents is 1. The molecule has 10 heteroatoms. The molecule has 0 aliphatic carbocycles. The lowest BCUT2D eigenvalue weighted by molar-refractivity contribution is -0.384. The van der Waals surface area contributed by atoms with Crippen LogP contribution >= 0.6 is 0 Å². The van der Waals surface area contributed by atoms with Crippen LogP contribution in [0.5, 0.6) is 0 Å². The number of nitro groups is 1. The molecule has 2 rings (SSSR count). The second kappa shape index (κ2) is 7.11. The Balaban J connectivity index is 2.06. The van der Waals surface area contributed by atoms with Crippen molar-refractivity contribution in [2.75, 3.05) is 6.54 Å². The average molecular weight is 318 g/mol.